The predicted molar refractivity (Wildman–Crippen MR) is 54.2 cm³/mol. The summed E-state index contributed by atoms with van der Waals surface area (Å²) in [5.41, 5.74) is -0.387. The molecule has 2 N–H and O–H groups in total. The Kier molecular flexibility index (Phi) is 1.74. The number of β-amino-alcohol motifs (C(OH)–C–C–N with tert-alkyl or cyclic N) is 1. The summed E-state index contributed by atoms with van der Waals surface area (Å²) < 4.78 is 0. The number of aliphatic imine (C=N–C) groups is 1. The number of aliphatic hydroxyl groups is 1. The van der Waals surface area contributed by atoms with Crippen LogP contribution in [-0.2, 0) is 0 Å². The van der Waals surface area contributed by atoms with Crippen molar-refractivity contribution in [2.24, 2.45) is 10.9 Å². The van der Waals surface area contributed by atoms with Gasteiger partial charge in [-0.3, -0.25) is 4.99 Å². The molecule has 0 amide bonds. The Hall–Kier alpha value is -0.770. The van der Waals surface area contributed by atoms with Crippen molar-refractivity contribution in [1.29, 1.82) is 0 Å². The van der Waals surface area contributed by atoms with Crippen molar-refractivity contribution >= 4 is 5.96 Å². The van der Waals surface area contributed by atoms with Gasteiger partial charge in [0.25, 0.3) is 0 Å². The second-order valence-electron chi connectivity index (χ2n) is 4.72. The number of nitrogens with one attached hydrogen (secondary N) is 1. The van der Waals surface area contributed by atoms with Gasteiger partial charge in [0.2, 0.25) is 0 Å². The van der Waals surface area contributed by atoms with E-state index in [1.807, 2.05) is 0 Å². The van der Waals surface area contributed by atoms with Crippen LogP contribution >= 0.6 is 0 Å². The Labute approximate surface area is 84.0 Å². The molecule has 1 saturated carbocycles. The van der Waals surface area contributed by atoms with E-state index in [-0.39, 0.29) is 5.60 Å². The topological polar surface area (TPSA) is 47.9 Å². The highest BCUT2D eigenvalue weighted by molar-refractivity contribution is 5.81. The van der Waals surface area contributed by atoms with Crippen molar-refractivity contribution in [1.82, 2.24) is 10.2 Å². The highest BCUT2D eigenvalue weighted by Crippen LogP contribution is 2.44. The van der Waals surface area contributed by atoms with Gasteiger partial charge in [0, 0.05) is 13.1 Å². The van der Waals surface area contributed by atoms with Crippen LogP contribution < -0.4 is 5.32 Å². The Balaban J connectivity index is 1.60. The highest BCUT2D eigenvalue weighted by atomic mass is 16.3. The zero-order valence-corrected chi connectivity index (χ0v) is 8.37. The molecule has 4 nitrogen and oxygen atoms in total. The molecule has 0 atom stereocenters. The third-order valence-electron chi connectivity index (χ3n) is 3.45. The standard InChI is InChI=1S/C10H17N3O/c14-10(8-2-3-8)6-13(7-10)9-11-4-1-5-12-9/h8,14H,1-7H2,(H,11,12). The number of hydrogen-bond donors (Lipinski definition) is 2. The molecule has 3 rings (SSSR count). The molecule has 0 unspecified atom stereocenters. The largest absolute Gasteiger partial charge is 0.386 e. The molecule has 0 radical (unpaired) electrons. The molecular weight excluding hydrogens is 178 g/mol. The van der Waals surface area contributed by atoms with E-state index in [9.17, 15) is 5.11 Å². The maximum absolute atomic E-state index is 10.1. The van der Waals surface area contributed by atoms with Gasteiger partial charge in [-0.1, -0.05) is 0 Å². The van der Waals surface area contributed by atoms with Crippen molar-refractivity contribution < 1.29 is 5.11 Å². The summed E-state index contributed by atoms with van der Waals surface area (Å²) in [5.74, 6) is 1.57. The maximum atomic E-state index is 10.1. The molecule has 1 aliphatic carbocycles. The number of nitrogens with zero attached hydrogens (tertiary/aromatic N) is 2. The van der Waals surface area contributed by atoms with Crippen molar-refractivity contribution in [3.05, 3.63) is 0 Å². The fourth-order valence-electron chi connectivity index (χ4n) is 2.38. The van der Waals surface area contributed by atoms with Gasteiger partial charge >= 0.3 is 0 Å². The number of rotatable bonds is 1. The van der Waals surface area contributed by atoms with Gasteiger partial charge in [-0.2, -0.15) is 0 Å². The number of likely N-dealkylation sites (tertiary alicyclic amines) is 1. The second-order valence-corrected chi connectivity index (χ2v) is 4.72. The van der Waals surface area contributed by atoms with E-state index >= 15 is 0 Å². The van der Waals surface area contributed by atoms with Crippen molar-refractivity contribution in [3.63, 3.8) is 0 Å². The van der Waals surface area contributed by atoms with E-state index in [4.69, 9.17) is 0 Å². The van der Waals surface area contributed by atoms with E-state index in [1.165, 1.54) is 12.8 Å². The van der Waals surface area contributed by atoms with E-state index in [2.05, 4.69) is 15.2 Å². The fourth-order valence-corrected chi connectivity index (χ4v) is 2.38. The molecule has 0 aromatic carbocycles. The zero-order valence-electron chi connectivity index (χ0n) is 8.37. The van der Waals surface area contributed by atoms with Crippen LogP contribution in [0.4, 0.5) is 0 Å². The van der Waals surface area contributed by atoms with Crippen LogP contribution in [0.25, 0.3) is 0 Å². The van der Waals surface area contributed by atoms with Gasteiger partial charge in [0.05, 0.1) is 13.1 Å². The van der Waals surface area contributed by atoms with Crippen LogP contribution in [0, 0.1) is 5.92 Å². The smallest absolute Gasteiger partial charge is 0.194 e. The molecule has 2 aliphatic heterocycles. The Morgan fingerprint density at radius 1 is 1.43 bits per heavy atom. The molecule has 2 heterocycles. The minimum Gasteiger partial charge on any atom is -0.386 e. The van der Waals surface area contributed by atoms with Gasteiger partial charge in [-0.05, 0) is 25.2 Å². The molecule has 78 valence electrons. The van der Waals surface area contributed by atoms with Crippen molar-refractivity contribution in [2.75, 3.05) is 26.2 Å². The first-order chi connectivity index (χ1) is 6.78. The summed E-state index contributed by atoms with van der Waals surface area (Å²) in [6.07, 6.45) is 3.55. The number of guanidine groups is 1. The lowest BCUT2D eigenvalue weighted by Crippen LogP contribution is -2.67. The quantitative estimate of drug-likeness (QED) is 0.609. The van der Waals surface area contributed by atoms with Crippen LogP contribution in [0.5, 0.6) is 0 Å². The molecule has 2 fully saturated rings. The number of hydrogen-bond acceptors (Lipinski definition) is 4. The summed E-state index contributed by atoms with van der Waals surface area (Å²) in [5, 5.41) is 13.4. The average molecular weight is 195 g/mol. The lowest BCUT2D eigenvalue weighted by molar-refractivity contribution is -0.0845. The van der Waals surface area contributed by atoms with E-state index < -0.39 is 0 Å². The summed E-state index contributed by atoms with van der Waals surface area (Å²) in [6.45, 7) is 3.52. The minimum absolute atomic E-state index is 0.387. The first-order valence-electron chi connectivity index (χ1n) is 5.54. The van der Waals surface area contributed by atoms with Gasteiger partial charge in [-0.25, -0.2) is 0 Å². The average Bonchev–Trinajstić information content (AvgIpc) is 2.98. The maximum Gasteiger partial charge on any atom is 0.194 e. The summed E-state index contributed by atoms with van der Waals surface area (Å²) in [6, 6.07) is 0. The molecule has 3 aliphatic rings. The second kappa shape index (κ2) is 2.86. The Bertz CT molecular complexity index is 267. The monoisotopic (exact) mass is 195 g/mol. The molecule has 4 heteroatoms. The molecule has 0 aromatic rings. The van der Waals surface area contributed by atoms with Gasteiger partial charge in [0.1, 0.15) is 5.60 Å². The van der Waals surface area contributed by atoms with Gasteiger partial charge < -0.3 is 15.3 Å². The first kappa shape index (κ1) is 8.53. The Morgan fingerprint density at radius 3 is 2.79 bits per heavy atom. The predicted octanol–water partition coefficient (Wildman–Crippen LogP) is -0.208. The minimum atomic E-state index is -0.387. The normalized spacial score (nSPS) is 30.4. The third kappa shape index (κ3) is 1.29. The fraction of sp³-hybridized carbons (Fsp3) is 0.900. The van der Waals surface area contributed by atoms with Crippen molar-refractivity contribution in [3.8, 4) is 0 Å². The lowest BCUT2D eigenvalue weighted by Gasteiger charge is -2.48. The van der Waals surface area contributed by atoms with Crippen LogP contribution in [0.1, 0.15) is 19.3 Å². The van der Waals surface area contributed by atoms with Crippen molar-refractivity contribution in [2.45, 2.75) is 24.9 Å². The van der Waals surface area contributed by atoms with Crippen LogP contribution in [-0.4, -0.2) is 47.7 Å². The molecule has 0 aromatic heterocycles. The van der Waals surface area contributed by atoms with E-state index in [1.54, 1.807) is 0 Å². The Morgan fingerprint density at radius 2 is 2.21 bits per heavy atom. The summed E-state index contributed by atoms with van der Waals surface area (Å²) >= 11 is 0. The van der Waals surface area contributed by atoms with Gasteiger partial charge in [-0.15, -0.1) is 0 Å². The van der Waals surface area contributed by atoms with Crippen LogP contribution in [0.2, 0.25) is 0 Å². The lowest BCUT2D eigenvalue weighted by atomic mass is 9.89. The van der Waals surface area contributed by atoms with E-state index in [0.717, 1.165) is 38.6 Å². The van der Waals surface area contributed by atoms with Gasteiger partial charge in [0.15, 0.2) is 5.96 Å². The van der Waals surface area contributed by atoms with E-state index in [0.29, 0.717) is 5.92 Å². The molecule has 14 heavy (non-hydrogen) atoms. The first-order valence-corrected chi connectivity index (χ1v) is 5.54. The van der Waals surface area contributed by atoms with Crippen LogP contribution in [0.15, 0.2) is 4.99 Å². The summed E-state index contributed by atoms with van der Waals surface area (Å²) in [7, 11) is 0. The molecule has 0 bridgehead atoms. The SMILES string of the molecule is OC1(C2CC2)CN(C2=NCCCN2)C1. The zero-order chi connectivity index (χ0) is 9.60. The third-order valence-corrected chi connectivity index (χ3v) is 3.45. The molecule has 0 spiro atoms. The molecule has 1 saturated heterocycles. The van der Waals surface area contributed by atoms with Crippen LogP contribution in [0.3, 0.4) is 0 Å². The highest BCUT2D eigenvalue weighted by Gasteiger charge is 2.52. The summed E-state index contributed by atoms with van der Waals surface area (Å²) in [4.78, 5) is 6.58. The molecular formula is C10H17N3O.